The van der Waals surface area contributed by atoms with Crippen LogP contribution in [0.3, 0.4) is 0 Å². The molecule has 0 amide bonds. The molecular weight excluding hydrogens is 476 g/mol. The maximum absolute atomic E-state index is 6.12. The van der Waals surface area contributed by atoms with Crippen molar-refractivity contribution in [2.24, 2.45) is 0 Å². The standard InChI is InChI=1S/C36H24N2O/c1-23-9-8-18-37-36(23)26-19-25(24-16-17-35-31(22-24)30-12-4-7-15-34(30)39-35)20-27(21-26)38-32-13-5-2-10-28(32)29-11-3-6-14-33(29)38/h2-22H,1H3. The van der Waals surface area contributed by atoms with Crippen LogP contribution >= 0.6 is 0 Å². The minimum Gasteiger partial charge on any atom is -0.456 e. The van der Waals surface area contributed by atoms with Crippen LogP contribution < -0.4 is 0 Å². The SMILES string of the molecule is Cc1cccnc1-c1cc(-c2ccc3oc4ccccc4c3c2)cc(-n2c3ccccc3c3ccccc32)c1. The van der Waals surface area contributed by atoms with Crippen LogP contribution in [0, 0.1) is 6.92 Å². The van der Waals surface area contributed by atoms with E-state index in [1.807, 2.05) is 24.4 Å². The number of benzene rings is 5. The van der Waals surface area contributed by atoms with Crippen LogP contribution in [0.5, 0.6) is 0 Å². The highest BCUT2D eigenvalue weighted by Crippen LogP contribution is 2.38. The first-order valence-corrected chi connectivity index (χ1v) is 13.2. The zero-order chi connectivity index (χ0) is 25.9. The van der Waals surface area contributed by atoms with Gasteiger partial charge in [-0.1, -0.05) is 66.7 Å². The third-order valence-corrected chi connectivity index (χ3v) is 7.75. The van der Waals surface area contributed by atoms with E-state index in [1.54, 1.807) is 0 Å². The molecule has 8 rings (SSSR count). The molecule has 3 nitrogen and oxygen atoms in total. The van der Waals surface area contributed by atoms with Gasteiger partial charge >= 0.3 is 0 Å². The van der Waals surface area contributed by atoms with Gasteiger partial charge in [-0.25, -0.2) is 0 Å². The van der Waals surface area contributed by atoms with Crippen molar-refractivity contribution in [1.29, 1.82) is 0 Å². The molecule has 8 aromatic rings. The van der Waals surface area contributed by atoms with Gasteiger partial charge in [0, 0.05) is 39.0 Å². The second-order valence-electron chi connectivity index (χ2n) is 10.1. The lowest BCUT2D eigenvalue weighted by molar-refractivity contribution is 0.669. The highest BCUT2D eigenvalue weighted by molar-refractivity contribution is 6.09. The molecule has 5 aromatic carbocycles. The predicted molar refractivity (Wildman–Crippen MR) is 161 cm³/mol. The molecule has 0 aliphatic carbocycles. The van der Waals surface area contributed by atoms with Gasteiger partial charge in [-0.3, -0.25) is 4.98 Å². The first kappa shape index (κ1) is 21.9. The second kappa shape index (κ2) is 8.44. The van der Waals surface area contributed by atoms with E-state index in [0.717, 1.165) is 55.6 Å². The fourth-order valence-corrected chi connectivity index (χ4v) is 5.94. The molecule has 3 heterocycles. The molecule has 39 heavy (non-hydrogen) atoms. The topological polar surface area (TPSA) is 31.0 Å². The lowest BCUT2D eigenvalue weighted by Gasteiger charge is -2.14. The Hall–Kier alpha value is -5.15. The number of para-hydroxylation sites is 3. The third kappa shape index (κ3) is 3.40. The Morgan fingerprint density at radius 1 is 0.538 bits per heavy atom. The van der Waals surface area contributed by atoms with Crippen molar-refractivity contribution >= 4 is 43.7 Å². The molecule has 0 atom stereocenters. The summed E-state index contributed by atoms with van der Waals surface area (Å²) in [6, 6.07) is 43.0. The fourth-order valence-electron chi connectivity index (χ4n) is 5.94. The Morgan fingerprint density at radius 2 is 1.21 bits per heavy atom. The van der Waals surface area contributed by atoms with Gasteiger partial charge in [0.25, 0.3) is 0 Å². The molecule has 3 aromatic heterocycles. The summed E-state index contributed by atoms with van der Waals surface area (Å²) in [5.41, 5.74) is 10.8. The van der Waals surface area contributed by atoms with Crippen molar-refractivity contribution in [2.45, 2.75) is 6.92 Å². The molecule has 0 aliphatic rings. The van der Waals surface area contributed by atoms with Crippen molar-refractivity contribution in [3.63, 3.8) is 0 Å². The molecule has 0 unspecified atom stereocenters. The summed E-state index contributed by atoms with van der Waals surface area (Å²) in [7, 11) is 0. The average molecular weight is 501 g/mol. The molecule has 0 saturated heterocycles. The van der Waals surface area contributed by atoms with E-state index in [-0.39, 0.29) is 0 Å². The monoisotopic (exact) mass is 500 g/mol. The molecule has 0 aliphatic heterocycles. The maximum Gasteiger partial charge on any atom is 0.135 e. The first-order valence-electron chi connectivity index (χ1n) is 13.2. The van der Waals surface area contributed by atoms with Gasteiger partial charge in [0.05, 0.1) is 16.7 Å². The van der Waals surface area contributed by atoms with Crippen LogP contribution in [0.25, 0.3) is 71.8 Å². The van der Waals surface area contributed by atoms with Crippen molar-refractivity contribution in [3.05, 3.63) is 133 Å². The second-order valence-corrected chi connectivity index (χ2v) is 10.1. The molecular formula is C36H24N2O. The summed E-state index contributed by atoms with van der Waals surface area (Å²) in [5.74, 6) is 0. The van der Waals surface area contributed by atoms with Gasteiger partial charge in [-0.2, -0.15) is 0 Å². The highest BCUT2D eigenvalue weighted by atomic mass is 16.3. The number of fused-ring (bicyclic) bond motifs is 6. The number of nitrogens with zero attached hydrogens (tertiary/aromatic N) is 2. The Balaban J connectivity index is 1.44. The van der Waals surface area contributed by atoms with E-state index in [0.29, 0.717) is 0 Å². The lowest BCUT2D eigenvalue weighted by atomic mass is 9.97. The van der Waals surface area contributed by atoms with Crippen molar-refractivity contribution in [2.75, 3.05) is 0 Å². The minimum atomic E-state index is 0.902. The normalized spacial score (nSPS) is 11.7. The van der Waals surface area contributed by atoms with Gasteiger partial charge in [0.1, 0.15) is 11.2 Å². The fraction of sp³-hybridized carbons (Fsp3) is 0.0278. The zero-order valence-electron chi connectivity index (χ0n) is 21.4. The largest absolute Gasteiger partial charge is 0.456 e. The smallest absolute Gasteiger partial charge is 0.135 e. The van der Waals surface area contributed by atoms with Gasteiger partial charge in [0.15, 0.2) is 0 Å². The molecule has 0 saturated carbocycles. The number of hydrogen-bond donors (Lipinski definition) is 0. The Bertz CT molecular complexity index is 2140. The minimum absolute atomic E-state index is 0.902. The van der Waals surface area contributed by atoms with Crippen molar-refractivity contribution in [1.82, 2.24) is 9.55 Å². The average Bonchev–Trinajstić information content (AvgIpc) is 3.53. The molecule has 0 bridgehead atoms. The molecule has 0 fully saturated rings. The highest BCUT2D eigenvalue weighted by Gasteiger charge is 2.16. The molecule has 184 valence electrons. The number of aryl methyl sites for hydroxylation is 1. The third-order valence-electron chi connectivity index (χ3n) is 7.75. The summed E-state index contributed by atoms with van der Waals surface area (Å²) < 4.78 is 8.49. The molecule has 0 radical (unpaired) electrons. The number of rotatable bonds is 3. The maximum atomic E-state index is 6.12. The number of aromatic nitrogens is 2. The summed E-state index contributed by atoms with van der Waals surface area (Å²) >= 11 is 0. The molecule has 0 spiro atoms. The van der Waals surface area contributed by atoms with E-state index in [9.17, 15) is 0 Å². The Kier molecular flexibility index (Phi) is 4.74. The van der Waals surface area contributed by atoms with Gasteiger partial charge in [-0.05, 0) is 78.2 Å². The zero-order valence-corrected chi connectivity index (χ0v) is 21.4. The number of furan rings is 1. The summed E-state index contributed by atoms with van der Waals surface area (Å²) in [6.07, 6.45) is 1.87. The van der Waals surface area contributed by atoms with Crippen LogP contribution in [0.1, 0.15) is 5.56 Å². The van der Waals surface area contributed by atoms with Crippen LogP contribution in [0.4, 0.5) is 0 Å². The van der Waals surface area contributed by atoms with Crippen molar-refractivity contribution < 1.29 is 4.42 Å². The van der Waals surface area contributed by atoms with Gasteiger partial charge < -0.3 is 8.98 Å². The Morgan fingerprint density at radius 3 is 1.97 bits per heavy atom. The van der Waals surface area contributed by atoms with E-state index < -0.39 is 0 Å². The summed E-state index contributed by atoms with van der Waals surface area (Å²) in [4.78, 5) is 4.79. The van der Waals surface area contributed by atoms with Crippen LogP contribution in [0.2, 0.25) is 0 Å². The van der Waals surface area contributed by atoms with E-state index in [1.165, 1.54) is 21.8 Å². The van der Waals surface area contributed by atoms with Crippen LogP contribution in [-0.4, -0.2) is 9.55 Å². The molecule has 0 N–H and O–H groups in total. The first-order chi connectivity index (χ1) is 19.2. The molecule has 3 heteroatoms. The van der Waals surface area contributed by atoms with E-state index >= 15 is 0 Å². The van der Waals surface area contributed by atoms with E-state index in [4.69, 9.17) is 9.40 Å². The van der Waals surface area contributed by atoms with Crippen LogP contribution in [-0.2, 0) is 0 Å². The van der Waals surface area contributed by atoms with E-state index in [2.05, 4.69) is 115 Å². The quantitative estimate of drug-likeness (QED) is 0.242. The van der Waals surface area contributed by atoms with Gasteiger partial charge in [0.2, 0.25) is 0 Å². The number of hydrogen-bond acceptors (Lipinski definition) is 2. The number of pyridine rings is 1. The summed E-state index contributed by atoms with van der Waals surface area (Å²) in [5, 5.41) is 4.76. The predicted octanol–water partition coefficient (Wildman–Crippen LogP) is 9.72. The summed E-state index contributed by atoms with van der Waals surface area (Å²) in [6.45, 7) is 2.12. The van der Waals surface area contributed by atoms with Crippen LogP contribution in [0.15, 0.2) is 132 Å². The Labute approximate surface area is 225 Å². The van der Waals surface area contributed by atoms with Gasteiger partial charge in [-0.15, -0.1) is 0 Å². The lowest BCUT2D eigenvalue weighted by Crippen LogP contribution is -1.97. The van der Waals surface area contributed by atoms with Crippen molar-refractivity contribution in [3.8, 4) is 28.1 Å².